The summed E-state index contributed by atoms with van der Waals surface area (Å²) in [5.41, 5.74) is 2.59. The fraction of sp³-hybridized carbons (Fsp3) is 0.179. The van der Waals surface area contributed by atoms with Gasteiger partial charge in [0.25, 0.3) is 5.91 Å². The molecular formula is C28H25Cl2N3O4. The van der Waals surface area contributed by atoms with E-state index in [-0.39, 0.29) is 30.7 Å². The first-order valence-corrected chi connectivity index (χ1v) is 12.3. The van der Waals surface area contributed by atoms with Gasteiger partial charge in [-0.15, -0.1) is 0 Å². The summed E-state index contributed by atoms with van der Waals surface area (Å²) in [6.45, 7) is 1.57. The average molecular weight is 538 g/mol. The molecule has 9 heteroatoms. The largest absolute Gasteiger partial charge is 0.487 e. The SMILES string of the molecule is Cc1ccc2cccc(OCc3c(Cl)ccc(N(C)C(=O)CNC(=O)COc4ccccc4)c3Cl)c2n1. The molecule has 3 aromatic carbocycles. The summed E-state index contributed by atoms with van der Waals surface area (Å²) >= 11 is 13.1. The number of hydrogen-bond acceptors (Lipinski definition) is 5. The molecule has 37 heavy (non-hydrogen) atoms. The number of nitrogens with zero attached hydrogens (tertiary/aromatic N) is 2. The lowest BCUT2D eigenvalue weighted by Gasteiger charge is -2.21. The number of para-hydroxylation sites is 2. The van der Waals surface area contributed by atoms with Gasteiger partial charge in [-0.25, -0.2) is 4.98 Å². The number of ether oxygens (including phenoxy) is 2. The molecule has 4 aromatic rings. The van der Waals surface area contributed by atoms with Crippen LogP contribution in [-0.2, 0) is 16.2 Å². The van der Waals surface area contributed by atoms with E-state index in [9.17, 15) is 9.59 Å². The van der Waals surface area contributed by atoms with Gasteiger partial charge in [-0.3, -0.25) is 9.59 Å². The van der Waals surface area contributed by atoms with Gasteiger partial charge in [-0.1, -0.05) is 59.6 Å². The number of rotatable bonds is 9. The van der Waals surface area contributed by atoms with Crippen LogP contribution in [0, 0.1) is 6.92 Å². The smallest absolute Gasteiger partial charge is 0.258 e. The summed E-state index contributed by atoms with van der Waals surface area (Å²) in [4.78, 5) is 30.8. The number of amides is 2. The predicted molar refractivity (Wildman–Crippen MR) is 146 cm³/mol. The first-order valence-electron chi connectivity index (χ1n) is 11.5. The minimum atomic E-state index is -0.416. The molecule has 0 saturated carbocycles. The number of carbonyl (C=O) groups excluding carboxylic acids is 2. The van der Waals surface area contributed by atoms with Crippen LogP contribution in [0.3, 0.4) is 0 Å². The van der Waals surface area contributed by atoms with Crippen LogP contribution in [-0.4, -0.2) is 37.0 Å². The van der Waals surface area contributed by atoms with E-state index in [1.165, 1.54) is 4.90 Å². The Balaban J connectivity index is 1.40. The molecule has 190 valence electrons. The van der Waals surface area contributed by atoms with Crippen molar-refractivity contribution in [3.63, 3.8) is 0 Å². The minimum absolute atomic E-state index is 0.0792. The quantitative estimate of drug-likeness (QED) is 0.301. The second-order valence-corrected chi connectivity index (χ2v) is 9.04. The van der Waals surface area contributed by atoms with E-state index in [4.69, 9.17) is 32.7 Å². The molecule has 0 saturated heterocycles. The summed E-state index contributed by atoms with van der Waals surface area (Å²) in [7, 11) is 1.58. The Morgan fingerprint density at radius 1 is 0.946 bits per heavy atom. The highest BCUT2D eigenvalue weighted by molar-refractivity contribution is 6.38. The highest BCUT2D eigenvalue weighted by Crippen LogP contribution is 2.35. The molecule has 7 nitrogen and oxygen atoms in total. The van der Waals surface area contributed by atoms with Crippen LogP contribution in [0.2, 0.25) is 10.0 Å². The van der Waals surface area contributed by atoms with E-state index in [1.807, 2.05) is 43.3 Å². The first kappa shape index (κ1) is 26.3. The Morgan fingerprint density at radius 3 is 2.51 bits per heavy atom. The number of aryl methyl sites for hydroxylation is 1. The average Bonchev–Trinajstić information content (AvgIpc) is 2.90. The molecule has 1 aromatic heterocycles. The van der Waals surface area contributed by atoms with Crippen LogP contribution in [0.5, 0.6) is 11.5 Å². The summed E-state index contributed by atoms with van der Waals surface area (Å²) in [5.74, 6) is 0.389. The van der Waals surface area contributed by atoms with Gasteiger partial charge in [0.1, 0.15) is 23.6 Å². The summed E-state index contributed by atoms with van der Waals surface area (Å²) < 4.78 is 11.5. The van der Waals surface area contributed by atoms with Gasteiger partial charge in [0, 0.05) is 28.7 Å². The molecule has 0 aliphatic heterocycles. The number of nitrogens with one attached hydrogen (secondary N) is 1. The van der Waals surface area contributed by atoms with Crippen molar-refractivity contribution in [3.8, 4) is 11.5 Å². The van der Waals surface area contributed by atoms with E-state index >= 15 is 0 Å². The van der Waals surface area contributed by atoms with Crippen molar-refractivity contribution < 1.29 is 19.1 Å². The van der Waals surface area contributed by atoms with Gasteiger partial charge in [0.05, 0.1) is 17.3 Å². The van der Waals surface area contributed by atoms with Crippen molar-refractivity contribution in [1.82, 2.24) is 10.3 Å². The Labute approximate surface area is 224 Å². The Kier molecular flexibility index (Phi) is 8.48. The number of halogens is 2. The maximum Gasteiger partial charge on any atom is 0.258 e. The molecule has 0 atom stereocenters. The van der Waals surface area contributed by atoms with Gasteiger partial charge >= 0.3 is 0 Å². The standard InChI is InChI=1S/C28H25Cl2N3O4/c1-18-11-12-19-7-6-10-24(28(19)32-18)37-16-21-22(29)13-14-23(27(21)30)33(2)26(35)15-31-25(34)17-36-20-8-4-3-5-9-20/h3-14H,15-17H2,1-2H3,(H,31,34). The monoisotopic (exact) mass is 537 g/mol. The zero-order valence-corrected chi connectivity index (χ0v) is 21.8. The number of pyridine rings is 1. The lowest BCUT2D eigenvalue weighted by atomic mass is 10.1. The topological polar surface area (TPSA) is 80.8 Å². The van der Waals surface area contributed by atoms with Crippen molar-refractivity contribution in [2.24, 2.45) is 0 Å². The van der Waals surface area contributed by atoms with Crippen molar-refractivity contribution in [2.45, 2.75) is 13.5 Å². The van der Waals surface area contributed by atoms with Crippen molar-refractivity contribution in [2.75, 3.05) is 25.1 Å². The predicted octanol–water partition coefficient (Wildman–Crippen LogP) is 5.59. The lowest BCUT2D eigenvalue weighted by molar-refractivity contribution is -0.126. The molecule has 1 N–H and O–H groups in total. The second kappa shape index (κ2) is 12.0. The molecule has 2 amide bonds. The van der Waals surface area contributed by atoms with Crippen LogP contribution in [0.15, 0.2) is 72.8 Å². The molecule has 0 radical (unpaired) electrons. The van der Waals surface area contributed by atoms with Gasteiger partial charge in [-0.2, -0.15) is 0 Å². The van der Waals surface area contributed by atoms with Gasteiger partial charge in [-0.05, 0) is 43.3 Å². The summed E-state index contributed by atoms with van der Waals surface area (Å²) in [6, 6.07) is 21.9. The van der Waals surface area contributed by atoms with Crippen LogP contribution in [0.4, 0.5) is 5.69 Å². The lowest BCUT2D eigenvalue weighted by Crippen LogP contribution is -2.40. The maximum absolute atomic E-state index is 12.8. The highest BCUT2D eigenvalue weighted by atomic mass is 35.5. The van der Waals surface area contributed by atoms with E-state index in [1.54, 1.807) is 43.4 Å². The van der Waals surface area contributed by atoms with Crippen molar-refractivity contribution >= 4 is 51.6 Å². The Hall–Kier alpha value is -3.81. The zero-order valence-electron chi connectivity index (χ0n) is 20.3. The molecule has 4 rings (SSSR count). The Morgan fingerprint density at radius 2 is 1.73 bits per heavy atom. The highest BCUT2D eigenvalue weighted by Gasteiger charge is 2.19. The summed E-state index contributed by atoms with van der Waals surface area (Å²) in [5, 5.41) is 4.21. The molecular weight excluding hydrogens is 513 g/mol. The molecule has 0 unspecified atom stereocenters. The maximum atomic E-state index is 12.8. The minimum Gasteiger partial charge on any atom is -0.487 e. The fourth-order valence-electron chi connectivity index (χ4n) is 3.60. The zero-order chi connectivity index (χ0) is 26.4. The van der Waals surface area contributed by atoms with Crippen LogP contribution >= 0.6 is 23.2 Å². The number of benzene rings is 3. The van der Waals surface area contributed by atoms with Crippen LogP contribution in [0.25, 0.3) is 10.9 Å². The van der Waals surface area contributed by atoms with Gasteiger partial charge in [0.15, 0.2) is 6.61 Å². The fourth-order valence-corrected chi connectivity index (χ4v) is 4.21. The number of anilines is 1. The van der Waals surface area contributed by atoms with Crippen LogP contribution < -0.4 is 19.7 Å². The molecule has 0 fully saturated rings. The third kappa shape index (κ3) is 6.50. The van der Waals surface area contributed by atoms with Gasteiger partial charge < -0.3 is 19.7 Å². The number of aromatic nitrogens is 1. The first-order chi connectivity index (χ1) is 17.8. The molecule has 0 aliphatic rings. The van der Waals surface area contributed by atoms with Crippen molar-refractivity contribution in [1.29, 1.82) is 0 Å². The van der Waals surface area contributed by atoms with E-state index in [0.29, 0.717) is 27.8 Å². The third-order valence-electron chi connectivity index (χ3n) is 5.65. The molecule has 0 bridgehead atoms. The van der Waals surface area contributed by atoms with E-state index in [0.717, 1.165) is 16.6 Å². The molecule has 0 spiro atoms. The second-order valence-electron chi connectivity index (χ2n) is 8.26. The Bertz CT molecular complexity index is 1430. The van der Waals surface area contributed by atoms with E-state index in [2.05, 4.69) is 10.3 Å². The van der Waals surface area contributed by atoms with Gasteiger partial charge in [0.2, 0.25) is 5.91 Å². The third-order valence-corrected chi connectivity index (χ3v) is 6.42. The normalized spacial score (nSPS) is 10.7. The van der Waals surface area contributed by atoms with Crippen molar-refractivity contribution in [3.05, 3.63) is 94.1 Å². The number of carbonyl (C=O) groups is 2. The molecule has 1 heterocycles. The number of hydrogen-bond donors (Lipinski definition) is 1. The van der Waals surface area contributed by atoms with Crippen LogP contribution in [0.1, 0.15) is 11.3 Å². The summed E-state index contributed by atoms with van der Waals surface area (Å²) in [6.07, 6.45) is 0. The number of likely N-dealkylation sites (N-methyl/N-ethyl adjacent to an activating group) is 1. The van der Waals surface area contributed by atoms with E-state index < -0.39 is 5.91 Å². The number of fused-ring (bicyclic) bond motifs is 1. The molecule has 0 aliphatic carbocycles.